The smallest absolute Gasteiger partial charge is 0.00961 e. The van der Waals surface area contributed by atoms with E-state index < -0.39 is 0 Å². The van der Waals surface area contributed by atoms with Crippen molar-refractivity contribution in [2.45, 2.75) is 72.4 Å². The summed E-state index contributed by atoms with van der Waals surface area (Å²) in [4.78, 5) is 2.71. The van der Waals surface area contributed by atoms with Crippen LogP contribution in [0.3, 0.4) is 0 Å². The topological polar surface area (TPSA) is 29.3 Å². The van der Waals surface area contributed by atoms with Crippen molar-refractivity contribution < 1.29 is 0 Å². The molecule has 0 aliphatic carbocycles. The number of hydrogen-bond donors (Lipinski definition) is 1. The summed E-state index contributed by atoms with van der Waals surface area (Å²) in [5.74, 6) is 0.657. The highest BCUT2D eigenvalue weighted by Gasteiger charge is 2.31. The minimum Gasteiger partial charge on any atom is -0.330 e. The second-order valence-electron chi connectivity index (χ2n) is 7.05. The van der Waals surface area contributed by atoms with Crippen LogP contribution in [0.25, 0.3) is 0 Å². The molecule has 2 N–H and O–H groups in total. The predicted octanol–water partition coefficient (Wildman–Crippen LogP) is 3.26. The molecule has 0 aromatic rings. The fourth-order valence-corrected chi connectivity index (χ4v) is 3.28. The Bertz CT molecular complexity index is 219. The van der Waals surface area contributed by atoms with Gasteiger partial charge in [0.05, 0.1) is 0 Å². The zero-order valence-corrected chi connectivity index (χ0v) is 12.5. The summed E-state index contributed by atoms with van der Waals surface area (Å²) in [7, 11) is 0. The van der Waals surface area contributed by atoms with Gasteiger partial charge in [0.15, 0.2) is 0 Å². The molecule has 2 nitrogen and oxygen atoms in total. The Kier molecular flexibility index (Phi) is 5.46. The lowest BCUT2D eigenvalue weighted by atomic mass is 9.84. The fraction of sp³-hybridized carbons (Fsp3) is 1.00. The van der Waals surface area contributed by atoms with Crippen molar-refractivity contribution in [2.24, 2.45) is 17.1 Å². The first-order chi connectivity index (χ1) is 7.87. The Balaban J connectivity index is 2.54. The standard InChI is InChI=1S/C15H32N2/c1-6-14-8-7-12(2)17(14)11-13(10-16)9-15(3,4)5/h12-14H,6-11,16H2,1-5H3. The summed E-state index contributed by atoms with van der Waals surface area (Å²) in [6.45, 7) is 13.7. The number of likely N-dealkylation sites (tertiary alicyclic amines) is 1. The Hall–Kier alpha value is -0.0800. The molecule has 0 saturated carbocycles. The third-order valence-corrected chi connectivity index (χ3v) is 4.13. The van der Waals surface area contributed by atoms with E-state index in [1.54, 1.807) is 0 Å². The van der Waals surface area contributed by atoms with Crippen LogP contribution in [0.4, 0.5) is 0 Å². The number of nitrogens with zero attached hydrogens (tertiary/aromatic N) is 1. The first-order valence-electron chi connectivity index (χ1n) is 7.33. The predicted molar refractivity (Wildman–Crippen MR) is 76.1 cm³/mol. The monoisotopic (exact) mass is 240 g/mol. The second-order valence-corrected chi connectivity index (χ2v) is 7.05. The molecule has 3 atom stereocenters. The summed E-state index contributed by atoms with van der Waals surface area (Å²) in [6.07, 6.45) is 5.27. The van der Waals surface area contributed by atoms with Crippen molar-refractivity contribution >= 4 is 0 Å². The van der Waals surface area contributed by atoms with Crippen LogP contribution < -0.4 is 5.73 Å². The maximum Gasteiger partial charge on any atom is 0.00961 e. The van der Waals surface area contributed by atoms with Gasteiger partial charge in [-0.25, -0.2) is 0 Å². The van der Waals surface area contributed by atoms with Crippen LogP contribution in [0.1, 0.15) is 60.3 Å². The maximum atomic E-state index is 5.96. The maximum absolute atomic E-state index is 5.96. The average molecular weight is 240 g/mol. The van der Waals surface area contributed by atoms with Gasteiger partial charge in [-0.2, -0.15) is 0 Å². The van der Waals surface area contributed by atoms with Gasteiger partial charge in [-0.3, -0.25) is 4.90 Å². The van der Waals surface area contributed by atoms with Gasteiger partial charge in [0, 0.05) is 18.6 Å². The summed E-state index contributed by atoms with van der Waals surface area (Å²) in [5.41, 5.74) is 6.36. The van der Waals surface area contributed by atoms with Gasteiger partial charge < -0.3 is 5.73 Å². The van der Waals surface area contributed by atoms with Gasteiger partial charge in [-0.05, 0) is 50.5 Å². The first kappa shape index (κ1) is 15.0. The van der Waals surface area contributed by atoms with Crippen molar-refractivity contribution in [3.8, 4) is 0 Å². The third-order valence-electron chi connectivity index (χ3n) is 4.13. The zero-order valence-electron chi connectivity index (χ0n) is 12.5. The lowest BCUT2D eigenvalue weighted by molar-refractivity contribution is 0.147. The van der Waals surface area contributed by atoms with E-state index >= 15 is 0 Å². The van der Waals surface area contributed by atoms with E-state index in [1.165, 1.54) is 32.2 Å². The molecule has 2 heteroatoms. The molecule has 1 heterocycles. The molecule has 17 heavy (non-hydrogen) atoms. The van der Waals surface area contributed by atoms with E-state index in [0.29, 0.717) is 11.3 Å². The molecule has 1 fully saturated rings. The van der Waals surface area contributed by atoms with Gasteiger partial charge in [-0.15, -0.1) is 0 Å². The molecular weight excluding hydrogens is 208 g/mol. The van der Waals surface area contributed by atoms with E-state index in [1.807, 2.05) is 0 Å². The van der Waals surface area contributed by atoms with Gasteiger partial charge in [0.1, 0.15) is 0 Å². The fourth-order valence-electron chi connectivity index (χ4n) is 3.28. The lowest BCUT2D eigenvalue weighted by Gasteiger charge is -2.34. The van der Waals surface area contributed by atoms with Gasteiger partial charge in [-0.1, -0.05) is 27.7 Å². The molecule has 1 aliphatic heterocycles. The van der Waals surface area contributed by atoms with Crippen LogP contribution in [0, 0.1) is 11.3 Å². The SMILES string of the molecule is CCC1CCC(C)N1CC(CN)CC(C)(C)C. The van der Waals surface area contributed by atoms with Crippen molar-refractivity contribution in [3.63, 3.8) is 0 Å². The zero-order chi connectivity index (χ0) is 13.1. The molecule has 1 aliphatic rings. The quantitative estimate of drug-likeness (QED) is 0.799. The molecule has 102 valence electrons. The van der Waals surface area contributed by atoms with Crippen molar-refractivity contribution in [1.29, 1.82) is 0 Å². The van der Waals surface area contributed by atoms with Gasteiger partial charge >= 0.3 is 0 Å². The second kappa shape index (κ2) is 6.19. The third kappa shape index (κ3) is 4.59. The Morgan fingerprint density at radius 1 is 1.29 bits per heavy atom. The minimum absolute atomic E-state index is 0.398. The van der Waals surface area contributed by atoms with E-state index in [2.05, 4.69) is 39.5 Å². The van der Waals surface area contributed by atoms with Gasteiger partial charge in [0.25, 0.3) is 0 Å². The molecule has 0 amide bonds. The first-order valence-corrected chi connectivity index (χ1v) is 7.33. The number of nitrogens with two attached hydrogens (primary N) is 1. The highest BCUT2D eigenvalue weighted by atomic mass is 15.2. The average Bonchev–Trinajstić information content (AvgIpc) is 2.57. The van der Waals surface area contributed by atoms with Crippen LogP contribution in [-0.2, 0) is 0 Å². The molecule has 1 rings (SSSR count). The molecule has 0 spiro atoms. The van der Waals surface area contributed by atoms with E-state index in [9.17, 15) is 0 Å². The number of rotatable bonds is 5. The van der Waals surface area contributed by atoms with Crippen LogP contribution in [0.5, 0.6) is 0 Å². The Morgan fingerprint density at radius 2 is 1.94 bits per heavy atom. The minimum atomic E-state index is 0.398. The van der Waals surface area contributed by atoms with E-state index in [-0.39, 0.29) is 0 Å². The van der Waals surface area contributed by atoms with Crippen molar-refractivity contribution in [1.82, 2.24) is 4.90 Å². The molecule has 0 radical (unpaired) electrons. The van der Waals surface area contributed by atoms with Crippen LogP contribution in [0.2, 0.25) is 0 Å². The molecular formula is C15H32N2. The van der Waals surface area contributed by atoms with Crippen LogP contribution in [-0.4, -0.2) is 30.1 Å². The summed E-state index contributed by atoms with van der Waals surface area (Å²) in [5, 5.41) is 0. The molecule has 0 aromatic heterocycles. The van der Waals surface area contributed by atoms with Crippen LogP contribution >= 0.6 is 0 Å². The molecule has 1 saturated heterocycles. The summed E-state index contributed by atoms with van der Waals surface area (Å²) < 4.78 is 0. The normalized spacial score (nSPS) is 28.6. The molecule has 0 bridgehead atoms. The lowest BCUT2D eigenvalue weighted by Crippen LogP contribution is -2.41. The number of hydrogen-bond acceptors (Lipinski definition) is 2. The Labute approximate surface area is 108 Å². The van der Waals surface area contributed by atoms with Crippen molar-refractivity contribution in [3.05, 3.63) is 0 Å². The van der Waals surface area contributed by atoms with E-state index in [4.69, 9.17) is 5.73 Å². The highest BCUT2D eigenvalue weighted by molar-refractivity contribution is 4.86. The van der Waals surface area contributed by atoms with Gasteiger partial charge in [0.2, 0.25) is 0 Å². The summed E-state index contributed by atoms with van der Waals surface area (Å²) in [6, 6.07) is 1.56. The summed E-state index contributed by atoms with van der Waals surface area (Å²) >= 11 is 0. The Morgan fingerprint density at radius 3 is 2.41 bits per heavy atom. The molecule has 0 aromatic carbocycles. The van der Waals surface area contributed by atoms with Crippen molar-refractivity contribution in [2.75, 3.05) is 13.1 Å². The highest BCUT2D eigenvalue weighted by Crippen LogP contribution is 2.30. The van der Waals surface area contributed by atoms with E-state index in [0.717, 1.165) is 18.6 Å². The molecule has 3 unspecified atom stereocenters. The largest absolute Gasteiger partial charge is 0.330 e. The van der Waals surface area contributed by atoms with Crippen LogP contribution in [0.15, 0.2) is 0 Å².